The molecule has 3 rings (SSSR count). The lowest BCUT2D eigenvalue weighted by molar-refractivity contribution is -0.134. The van der Waals surface area contributed by atoms with Crippen molar-refractivity contribution in [2.24, 2.45) is 0 Å². The highest BCUT2D eigenvalue weighted by Crippen LogP contribution is 2.27. The van der Waals surface area contributed by atoms with E-state index in [1.165, 1.54) is 0 Å². The lowest BCUT2D eigenvalue weighted by Crippen LogP contribution is -2.56. The number of nitrogens with zero attached hydrogens (tertiary/aromatic N) is 1. The Balaban J connectivity index is 1.67. The molecule has 0 aliphatic carbocycles. The molecule has 1 fully saturated rings. The summed E-state index contributed by atoms with van der Waals surface area (Å²) < 4.78 is 10.7. The van der Waals surface area contributed by atoms with Crippen LogP contribution in [0.25, 0.3) is 0 Å². The molecule has 1 unspecified atom stereocenters. The zero-order valence-electron chi connectivity index (χ0n) is 17.7. The van der Waals surface area contributed by atoms with Crippen LogP contribution in [0.1, 0.15) is 23.1 Å². The van der Waals surface area contributed by atoms with Crippen LogP contribution in [-0.4, -0.2) is 50.1 Å². The Morgan fingerprint density at radius 2 is 1.97 bits per heavy atom. The smallest absolute Gasteiger partial charge is 0.237 e. The van der Waals surface area contributed by atoms with Crippen molar-refractivity contribution >= 4 is 11.8 Å². The second-order valence-corrected chi connectivity index (χ2v) is 7.36. The summed E-state index contributed by atoms with van der Waals surface area (Å²) in [6, 6.07) is 13.0. The first kappa shape index (κ1) is 21.6. The summed E-state index contributed by atoms with van der Waals surface area (Å²) in [5.74, 6) is 1.13. The average molecular weight is 412 g/mol. The topological polar surface area (TPSA) is 79.9 Å². The van der Waals surface area contributed by atoms with E-state index in [-0.39, 0.29) is 18.2 Å². The number of amides is 2. The Morgan fingerprint density at radius 3 is 2.70 bits per heavy atom. The minimum absolute atomic E-state index is 0.107. The van der Waals surface area contributed by atoms with Crippen LogP contribution in [0.2, 0.25) is 0 Å². The number of aryl methyl sites for hydroxylation is 1. The van der Waals surface area contributed by atoms with Gasteiger partial charge in [-0.3, -0.25) is 14.5 Å². The molecule has 0 saturated carbocycles. The monoisotopic (exact) mass is 411 g/mol. The Morgan fingerprint density at radius 1 is 1.17 bits per heavy atom. The van der Waals surface area contributed by atoms with E-state index in [2.05, 4.69) is 10.6 Å². The van der Waals surface area contributed by atoms with Gasteiger partial charge < -0.3 is 20.1 Å². The van der Waals surface area contributed by atoms with E-state index in [0.29, 0.717) is 37.7 Å². The number of carbonyl (C=O) groups excluding carboxylic acids is 2. The molecule has 1 saturated heterocycles. The molecular weight excluding hydrogens is 382 g/mol. The van der Waals surface area contributed by atoms with Gasteiger partial charge in [-0.2, -0.15) is 0 Å². The minimum Gasteiger partial charge on any atom is -0.497 e. The van der Waals surface area contributed by atoms with Crippen LogP contribution in [0.5, 0.6) is 11.5 Å². The van der Waals surface area contributed by atoms with Gasteiger partial charge in [0.25, 0.3) is 0 Å². The van der Waals surface area contributed by atoms with Gasteiger partial charge >= 0.3 is 0 Å². The molecule has 1 aliphatic heterocycles. The Labute approximate surface area is 177 Å². The van der Waals surface area contributed by atoms with Gasteiger partial charge in [0, 0.05) is 37.8 Å². The predicted octanol–water partition coefficient (Wildman–Crippen LogP) is 2.02. The number of hydrogen-bond donors (Lipinski definition) is 2. The molecule has 0 spiro atoms. The Kier molecular flexibility index (Phi) is 7.30. The molecule has 7 heteroatoms. The lowest BCUT2D eigenvalue weighted by atomic mass is 10.1. The van der Waals surface area contributed by atoms with Crippen LogP contribution in [0.3, 0.4) is 0 Å². The number of methoxy groups -OCH3 is 2. The molecule has 1 aliphatic rings. The van der Waals surface area contributed by atoms with Crippen molar-refractivity contribution in [3.8, 4) is 11.5 Å². The summed E-state index contributed by atoms with van der Waals surface area (Å²) in [5, 5.41) is 5.81. The van der Waals surface area contributed by atoms with Crippen molar-refractivity contribution in [2.45, 2.75) is 32.5 Å². The van der Waals surface area contributed by atoms with Gasteiger partial charge in [-0.1, -0.05) is 30.3 Å². The molecule has 2 N–H and O–H groups in total. The first-order valence-corrected chi connectivity index (χ1v) is 10.1. The first-order chi connectivity index (χ1) is 14.5. The highest BCUT2D eigenvalue weighted by molar-refractivity contribution is 5.88. The third-order valence-corrected chi connectivity index (χ3v) is 5.43. The minimum atomic E-state index is -0.526. The lowest BCUT2D eigenvalue weighted by Gasteiger charge is -2.35. The van der Waals surface area contributed by atoms with Gasteiger partial charge in [0.15, 0.2) is 0 Å². The summed E-state index contributed by atoms with van der Waals surface area (Å²) >= 11 is 0. The highest BCUT2D eigenvalue weighted by Gasteiger charge is 2.32. The number of benzene rings is 2. The van der Waals surface area contributed by atoms with Gasteiger partial charge in [-0.05, 0) is 24.1 Å². The number of piperazine rings is 1. The first-order valence-electron chi connectivity index (χ1n) is 10.1. The fourth-order valence-electron chi connectivity index (χ4n) is 3.62. The molecule has 2 amide bonds. The third-order valence-electron chi connectivity index (χ3n) is 5.43. The normalized spacial score (nSPS) is 16.6. The molecule has 7 nitrogen and oxygen atoms in total. The van der Waals surface area contributed by atoms with E-state index >= 15 is 0 Å². The Bertz CT molecular complexity index is 900. The van der Waals surface area contributed by atoms with Crippen LogP contribution in [-0.2, 0) is 22.7 Å². The largest absolute Gasteiger partial charge is 0.497 e. The van der Waals surface area contributed by atoms with Crippen LogP contribution < -0.4 is 20.1 Å². The zero-order valence-corrected chi connectivity index (χ0v) is 17.7. The fourth-order valence-corrected chi connectivity index (χ4v) is 3.62. The van der Waals surface area contributed by atoms with Crippen molar-refractivity contribution in [1.82, 2.24) is 15.5 Å². The molecule has 2 aromatic rings. The van der Waals surface area contributed by atoms with Gasteiger partial charge in [0.05, 0.1) is 26.7 Å². The highest BCUT2D eigenvalue weighted by atomic mass is 16.5. The van der Waals surface area contributed by atoms with Gasteiger partial charge in [-0.15, -0.1) is 0 Å². The van der Waals surface area contributed by atoms with Gasteiger partial charge in [0.1, 0.15) is 11.5 Å². The van der Waals surface area contributed by atoms with Crippen molar-refractivity contribution < 1.29 is 19.1 Å². The number of rotatable bonds is 8. The third kappa shape index (κ3) is 5.30. The molecule has 1 atom stereocenters. The standard InChI is InChI=1S/C23H29N3O4/c1-16-6-4-5-7-17(16)14-25-22(27)13-20-23(28)24-10-11-26(20)15-18-8-9-19(29-2)12-21(18)30-3/h4-9,12,20H,10-11,13-15H2,1-3H3,(H,24,28)(H,25,27). The van der Waals surface area contributed by atoms with Crippen LogP contribution in [0.15, 0.2) is 42.5 Å². The second kappa shape index (κ2) is 10.1. The van der Waals surface area contributed by atoms with E-state index in [9.17, 15) is 9.59 Å². The van der Waals surface area contributed by atoms with Crippen molar-refractivity contribution in [1.29, 1.82) is 0 Å². The van der Waals surface area contributed by atoms with Gasteiger partial charge in [-0.25, -0.2) is 0 Å². The summed E-state index contributed by atoms with van der Waals surface area (Å²) in [7, 11) is 3.21. The van der Waals surface area contributed by atoms with Crippen molar-refractivity contribution in [3.63, 3.8) is 0 Å². The maximum absolute atomic E-state index is 12.6. The molecule has 0 bridgehead atoms. The molecule has 0 radical (unpaired) electrons. The summed E-state index contributed by atoms with van der Waals surface area (Å²) in [6.45, 7) is 4.19. The Hall–Kier alpha value is -3.06. The van der Waals surface area contributed by atoms with E-state index < -0.39 is 6.04 Å². The second-order valence-electron chi connectivity index (χ2n) is 7.36. The maximum Gasteiger partial charge on any atom is 0.237 e. The molecule has 0 aromatic heterocycles. The van der Waals surface area contributed by atoms with Crippen molar-refractivity contribution in [3.05, 3.63) is 59.2 Å². The van der Waals surface area contributed by atoms with E-state index in [4.69, 9.17) is 9.47 Å². The summed E-state index contributed by atoms with van der Waals surface area (Å²) in [5.41, 5.74) is 3.14. The fraction of sp³-hybridized carbons (Fsp3) is 0.391. The summed E-state index contributed by atoms with van der Waals surface area (Å²) in [6.07, 6.45) is 0.107. The van der Waals surface area contributed by atoms with Crippen LogP contribution >= 0.6 is 0 Å². The zero-order chi connectivity index (χ0) is 21.5. The number of nitrogens with one attached hydrogen (secondary N) is 2. The SMILES string of the molecule is COc1ccc(CN2CCNC(=O)C2CC(=O)NCc2ccccc2C)c(OC)c1. The molecule has 160 valence electrons. The quantitative estimate of drug-likeness (QED) is 0.695. The van der Waals surface area contributed by atoms with Crippen LogP contribution in [0.4, 0.5) is 0 Å². The van der Waals surface area contributed by atoms with E-state index in [1.807, 2.05) is 54.3 Å². The van der Waals surface area contributed by atoms with Gasteiger partial charge in [0.2, 0.25) is 11.8 Å². The number of hydrogen-bond acceptors (Lipinski definition) is 5. The molecule has 30 heavy (non-hydrogen) atoms. The number of ether oxygens (including phenoxy) is 2. The van der Waals surface area contributed by atoms with E-state index in [1.54, 1.807) is 14.2 Å². The maximum atomic E-state index is 12.6. The van der Waals surface area contributed by atoms with Crippen LogP contribution in [0, 0.1) is 6.92 Å². The molecule has 2 aromatic carbocycles. The van der Waals surface area contributed by atoms with E-state index in [0.717, 1.165) is 16.7 Å². The average Bonchev–Trinajstić information content (AvgIpc) is 2.75. The summed E-state index contributed by atoms with van der Waals surface area (Å²) in [4.78, 5) is 27.1. The predicted molar refractivity (Wildman–Crippen MR) is 114 cm³/mol. The number of carbonyl (C=O) groups is 2. The molecular formula is C23H29N3O4. The molecule has 1 heterocycles. The van der Waals surface area contributed by atoms with Crippen molar-refractivity contribution in [2.75, 3.05) is 27.3 Å².